The summed E-state index contributed by atoms with van der Waals surface area (Å²) in [7, 11) is 0. The fourth-order valence-corrected chi connectivity index (χ4v) is 4.15. The van der Waals surface area contributed by atoms with Gasteiger partial charge in [-0.15, -0.1) is 0 Å². The highest BCUT2D eigenvalue weighted by molar-refractivity contribution is 5.98. The number of hydrogen-bond acceptors (Lipinski definition) is 4. The van der Waals surface area contributed by atoms with Crippen molar-refractivity contribution in [2.45, 2.75) is 32.4 Å². The van der Waals surface area contributed by atoms with E-state index >= 15 is 0 Å². The minimum Gasteiger partial charge on any atom is -0.467 e. The van der Waals surface area contributed by atoms with E-state index in [4.69, 9.17) is 4.42 Å². The molecule has 1 aromatic heterocycles. The van der Waals surface area contributed by atoms with Crippen LogP contribution in [-0.2, 0) is 16.1 Å². The maximum Gasteiger partial charge on any atom is 0.241 e. The first-order chi connectivity index (χ1) is 15.6. The van der Waals surface area contributed by atoms with Gasteiger partial charge < -0.3 is 15.1 Å². The summed E-state index contributed by atoms with van der Waals surface area (Å²) in [5.74, 6) is 0.733. The number of amides is 2. The standard InChI is InChI=1S/C26H29N3O3/c1-19(25(30)28-24-12-6-5-11-23(24)20-8-3-2-4-9-20)29-15-13-21(14-16-29)26(31)27-18-22-10-7-17-32-22/h2-12,17,19,21H,13-16,18H2,1H3,(H,27,31)(H,28,30). The maximum absolute atomic E-state index is 13.0. The van der Waals surface area contributed by atoms with Crippen LogP contribution in [0.3, 0.4) is 0 Å². The molecular weight excluding hydrogens is 402 g/mol. The van der Waals surface area contributed by atoms with E-state index in [-0.39, 0.29) is 23.8 Å². The zero-order valence-corrected chi connectivity index (χ0v) is 18.3. The number of rotatable bonds is 7. The highest BCUT2D eigenvalue weighted by atomic mass is 16.3. The molecule has 2 aromatic carbocycles. The molecule has 1 fully saturated rings. The molecule has 2 heterocycles. The first kappa shape index (κ1) is 21.8. The molecule has 2 amide bonds. The Hall–Kier alpha value is -3.38. The Bertz CT molecular complexity index is 1030. The minimum absolute atomic E-state index is 0.0321. The minimum atomic E-state index is -0.272. The van der Waals surface area contributed by atoms with Gasteiger partial charge in [-0.2, -0.15) is 0 Å². The molecule has 166 valence electrons. The van der Waals surface area contributed by atoms with Crippen molar-refractivity contribution in [1.29, 1.82) is 0 Å². The molecule has 6 nitrogen and oxygen atoms in total. The summed E-state index contributed by atoms with van der Waals surface area (Å²) >= 11 is 0. The molecule has 3 aromatic rings. The predicted octanol–water partition coefficient (Wildman–Crippen LogP) is 4.30. The van der Waals surface area contributed by atoms with E-state index in [0.717, 1.165) is 35.4 Å². The van der Waals surface area contributed by atoms with Crippen LogP contribution in [0.4, 0.5) is 5.69 Å². The van der Waals surface area contributed by atoms with Crippen molar-refractivity contribution in [1.82, 2.24) is 10.2 Å². The van der Waals surface area contributed by atoms with Gasteiger partial charge in [0.05, 0.1) is 18.8 Å². The lowest BCUT2D eigenvalue weighted by atomic mass is 9.95. The summed E-state index contributed by atoms with van der Waals surface area (Å²) in [4.78, 5) is 27.6. The van der Waals surface area contributed by atoms with E-state index < -0.39 is 0 Å². The van der Waals surface area contributed by atoms with Crippen molar-refractivity contribution in [3.05, 3.63) is 78.8 Å². The number of carbonyl (C=O) groups excluding carboxylic acids is 2. The molecule has 0 radical (unpaired) electrons. The van der Waals surface area contributed by atoms with Crippen molar-refractivity contribution >= 4 is 17.5 Å². The van der Waals surface area contributed by atoms with Gasteiger partial charge in [0.2, 0.25) is 11.8 Å². The summed E-state index contributed by atoms with van der Waals surface area (Å²) < 4.78 is 5.26. The van der Waals surface area contributed by atoms with Crippen LogP contribution in [-0.4, -0.2) is 35.8 Å². The lowest BCUT2D eigenvalue weighted by Crippen LogP contribution is -2.48. The van der Waals surface area contributed by atoms with E-state index in [1.54, 1.807) is 6.26 Å². The zero-order chi connectivity index (χ0) is 22.3. The van der Waals surface area contributed by atoms with Gasteiger partial charge in [0.1, 0.15) is 5.76 Å². The quantitative estimate of drug-likeness (QED) is 0.585. The van der Waals surface area contributed by atoms with Gasteiger partial charge >= 0.3 is 0 Å². The Labute approximate surface area is 188 Å². The highest BCUT2D eigenvalue weighted by Gasteiger charge is 2.30. The summed E-state index contributed by atoms with van der Waals surface area (Å²) in [6.45, 7) is 3.77. The number of para-hydroxylation sites is 1. The zero-order valence-electron chi connectivity index (χ0n) is 18.3. The number of likely N-dealkylation sites (tertiary alicyclic amines) is 1. The lowest BCUT2D eigenvalue weighted by Gasteiger charge is -2.34. The molecule has 0 saturated carbocycles. The van der Waals surface area contributed by atoms with E-state index in [1.807, 2.05) is 73.7 Å². The molecule has 1 unspecified atom stereocenters. The second-order valence-electron chi connectivity index (χ2n) is 8.18. The number of nitrogens with one attached hydrogen (secondary N) is 2. The van der Waals surface area contributed by atoms with Crippen molar-refractivity contribution in [3.63, 3.8) is 0 Å². The Kier molecular flexibility index (Phi) is 7.02. The Morgan fingerprint density at radius 3 is 2.44 bits per heavy atom. The summed E-state index contributed by atoms with van der Waals surface area (Å²) in [6, 6.07) is 21.3. The van der Waals surface area contributed by atoms with Crippen LogP contribution < -0.4 is 10.6 Å². The van der Waals surface area contributed by atoms with Gasteiger partial charge in [-0.1, -0.05) is 48.5 Å². The first-order valence-corrected chi connectivity index (χ1v) is 11.1. The molecule has 1 aliphatic rings. The molecule has 0 aliphatic carbocycles. The number of furan rings is 1. The molecule has 6 heteroatoms. The van der Waals surface area contributed by atoms with Crippen LogP contribution in [0.2, 0.25) is 0 Å². The van der Waals surface area contributed by atoms with Gasteiger partial charge in [-0.25, -0.2) is 0 Å². The normalized spacial score (nSPS) is 15.8. The topological polar surface area (TPSA) is 74.6 Å². The van der Waals surface area contributed by atoms with E-state index in [0.29, 0.717) is 19.6 Å². The molecule has 32 heavy (non-hydrogen) atoms. The Morgan fingerprint density at radius 2 is 1.72 bits per heavy atom. The number of hydrogen-bond donors (Lipinski definition) is 2. The number of carbonyl (C=O) groups is 2. The first-order valence-electron chi connectivity index (χ1n) is 11.1. The SMILES string of the molecule is CC(C(=O)Nc1ccccc1-c1ccccc1)N1CCC(C(=O)NCc2ccco2)CC1. The predicted molar refractivity (Wildman–Crippen MR) is 125 cm³/mol. The number of benzene rings is 2. The third kappa shape index (κ3) is 5.26. The molecule has 1 aliphatic heterocycles. The third-order valence-electron chi connectivity index (χ3n) is 6.11. The second kappa shape index (κ2) is 10.3. The smallest absolute Gasteiger partial charge is 0.241 e. The molecule has 2 N–H and O–H groups in total. The number of nitrogens with zero attached hydrogens (tertiary/aromatic N) is 1. The summed E-state index contributed by atoms with van der Waals surface area (Å²) in [5.41, 5.74) is 2.88. The van der Waals surface area contributed by atoms with Crippen LogP contribution in [0.15, 0.2) is 77.4 Å². The number of anilines is 1. The van der Waals surface area contributed by atoms with E-state index in [2.05, 4.69) is 15.5 Å². The van der Waals surface area contributed by atoms with Crippen LogP contribution in [0.5, 0.6) is 0 Å². The maximum atomic E-state index is 13.0. The fraction of sp³-hybridized carbons (Fsp3) is 0.308. The molecule has 4 rings (SSSR count). The van der Waals surface area contributed by atoms with Gasteiger partial charge in [-0.3, -0.25) is 14.5 Å². The van der Waals surface area contributed by atoms with Crippen LogP contribution in [0.25, 0.3) is 11.1 Å². The van der Waals surface area contributed by atoms with Crippen molar-refractivity contribution < 1.29 is 14.0 Å². The van der Waals surface area contributed by atoms with Crippen molar-refractivity contribution in [2.75, 3.05) is 18.4 Å². The van der Waals surface area contributed by atoms with Gasteiger partial charge in [0.15, 0.2) is 0 Å². The molecule has 1 saturated heterocycles. The number of piperidine rings is 1. The second-order valence-corrected chi connectivity index (χ2v) is 8.18. The molecule has 0 bridgehead atoms. The molecule has 1 atom stereocenters. The average Bonchev–Trinajstić information content (AvgIpc) is 3.37. The van der Waals surface area contributed by atoms with Gasteiger partial charge in [0.25, 0.3) is 0 Å². The van der Waals surface area contributed by atoms with Gasteiger partial charge in [-0.05, 0) is 56.6 Å². The van der Waals surface area contributed by atoms with Crippen molar-refractivity contribution in [2.24, 2.45) is 5.92 Å². The van der Waals surface area contributed by atoms with Crippen LogP contribution in [0.1, 0.15) is 25.5 Å². The van der Waals surface area contributed by atoms with Gasteiger partial charge in [0, 0.05) is 17.2 Å². The lowest BCUT2D eigenvalue weighted by molar-refractivity contribution is -0.127. The third-order valence-corrected chi connectivity index (χ3v) is 6.11. The highest BCUT2D eigenvalue weighted by Crippen LogP contribution is 2.28. The Balaban J connectivity index is 1.31. The van der Waals surface area contributed by atoms with Crippen LogP contribution >= 0.6 is 0 Å². The Morgan fingerprint density at radius 1 is 1.00 bits per heavy atom. The largest absolute Gasteiger partial charge is 0.467 e. The summed E-state index contributed by atoms with van der Waals surface area (Å²) in [5, 5.41) is 6.05. The molecule has 0 spiro atoms. The van der Waals surface area contributed by atoms with E-state index in [1.165, 1.54) is 0 Å². The van der Waals surface area contributed by atoms with E-state index in [9.17, 15) is 9.59 Å². The van der Waals surface area contributed by atoms with Crippen LogP contribution in [0, 0.1) is 5.92 Å². The monoisotopic (exact) mass is 431 g/mol. The average molecular weight is 432 g/mol. The fourth-order valence-electron chi connectivity index (χ4n) is 4.15. The molecular formula is C26H29N3O3. The summed E-state index contributed by atoms with van der Waals surface area (Å²) in [6.07, 6.45) is 3.08. The van der Waals surface area contributed by atoms with Crippen molar-refractivity contribution in [3.8, 4) is 11.1 Å².